The highest BCUT2D eigenvalue weighted by molar-refractivity contribution is 6.23. The molecule has 130 valence electrons. The summed E-state index contributed by atoms with van der Waals surface area (Å²) in [6, 6.07) is 15.0. The summed E-state index contributed by atoms with van der Waals surface area (Å²) >= 11 is 0. The smallest absolute Gasteiger partial charge is 0.344 e. The fraction of sp³-hybridized carbons (Fsp3) is 0.158. The van der Waals surface area contributed by atoms with Gasteiger partial charge in [-0.3, -0.25) is 14.4 Å². The molecule has 0 spiro atoms. The van der Waals surface area contributed by atoms with Crippen molar-refractivity contribution in [2.45, 2.75) is 18.8 Å². The highest BCUT2D eigenvalue weighted by atomic mass is 19.1. The molecular formula is C19H14FN3O3. The zero-order valence-electron chi connectivity index (χ0n) is 13.8. The number of rotatable bonds is 4. The molecule has 3 amide bonds. The molecule has 7 heteroatoms. The highest BCUT2D eigenvalue weighted by Gasteiger charge is 2.55. The van der Waals surface area contributed by atoms with Crippen LogP contribution < -0.4 is 5.32 Å². The average Bonchev–Trinajstić information content (AvgIpc) is 2.93. The van der Waals surface area contributed by atoms with E-state index in [2.05, 4.69) is 5.32 Å². The van der Waals surface area contributed by atoms with Gasteiger partial charge in [0.05, 0.1) is 17.2 Å². The van der Waals surface area contributed by atoms with Crippen molar-refractivity contribution in [3.8, 4) is 6.07 Å². The van der Waals surface area contributed by atoms with E-state index in [4.69, 9.17) is 0 Å². The van der Waals surface area contributed by atoms with Crippen LogP contribution in [0.15, 0.2) is 54.6 Å². The summed E-state index contributed by atoms with van der Waals surface area (Å²) < 4.78 is 15.3. The van der Waals surface area contributed by atoms with Gasteiger partial charge in [0.1, 0.15) is 6.07 Å². The molecule has 2 aromatic carbocycles. The van der Waals surface area contributed by atoms with Crippen LogP contribution in [0.3, 0.4) is 0 Å². The summed E-state index contributed by atoms with van der Waals surface area (Å²) in [5.41, 5.74) is 0.598. The van der Waals surface area contributed by atoms with Gasteiger partial charge >= 0.3 is 5.79 Å². The number of fused-ring (bicyclic) bond motifs is 1. The number of nitriles is 1. The SMILES string of the molecule is CC(NC(=O)C(F)(C#N)N1C(=O)c2ccccc2C1=O)c1ccccc1. The number of benzene rings is 2. The molecule has 2 unspecified atom stereocenters. The van der Waals surface area contributed by atoms with Crippen molar-refractivity contribution in [1.29, 1.82) is 5.26 Å². The fourth-order valence-electron chi connectivity index (χ4n) is 2.79. The van der Waals surface area contributed by atoms with Crippen molar-refractivity contribution >= 4 is 17.7 Å². The number of alkyl halides is 1. The Labute approximate surface area is 148 Å². The molecule has 2 atom stereocenters. The molecule has 2 aromatic rings. The van der Waals surface area contributed by atoms with Gasteiger partial charge in [0.25, 0.3) is 17.7 Å². The number of imide groups is 1. The van der Waals surface area contributed by atoms with Gasteiger partial charge in [-0.1, -0.05) is 42.5 Å². The normalized spacial score (nSPS) is 16.4. The van der Waals surface area contributed by atoms with Gasteiger partial charge in [0.15, 0.2) is 0 Å². The Balaban J connectivity index is 1.90. The van der Waals surface area contributed by atoms with Gasteiger partial charge in [0.2, 0.25) is 0 Å². The van der Waals surface area contributed by atoms with Crippen LogP contribution in [0.2, 0.25) is 0 Å². The second kappa shape index (κ2) is 6.41. The molecule has 26 heavy (non-hydrogen) atoms. The monoisotopic (exact) mass is 351 g/mol. The summed E-state index contributed by atoms with van der Waals surface area (Å²) in [5.74, 6) is -6.85. The van der Waals surface area contributed by atoms with E-state index in [0.29, 0.717) is 5.56 Å². The van der Waals surface area contributed by atoms with Crippen molar-refractivity contribution in [3.63, 3.8) is 0 Å². The van der Waals surface area contributed by atoms with E-state index in [1.165, 1.54) is 30.3 Å². The first-order valence-corrected chi connectivity index (χ1v) is 7.84. The molecule has 0 radical (unpaired) electrons. The van der Waals surface area contributed by atoms with Gasteiger partial charge in [-0.2, -0.15) is 9.65 Å². The molecular weight excluding hydrogens is 337 g/mol. The molecule has 0 fully saturated rings. The molecule has 1 aliphatic rings. The second-order valence-corrected chi connectivity index (χ2v) is 5.83. The first-order valence-electron chi connectivity index (χ1n) is 7.84. The number of carbonyl (C=O) groups is 3. The van der Waals surface area contributed by atoms with E-state index in [-0.39, 0.29) is 16.0 Å². The van der Waals surface area contributed by atoms with Gasteiger partial charge in [-0.05, 0) is 24.6 Å². The quantitative estimate of drug-likeness (QED) is 0.676. The lowest BCUT2D eigenvalue weighted by Crippen LogP contribution is -2.57. The van der Waals surface area contributed by atoms with Crippen LogP contribution in [0.1, 0.15) is 39.2 Å². The lowest BCUT2D eigenvalue weighted by atomic mass is 10.1. The van der Waals surface area contributed by atoms with E-state index >= 15 is 4.39 Å². The Bertz CT molecular complexity index is 904. The summed E-state index contributed by atoms with van der Waals surface area (Å²) in [7, 11) is 0. The summed E-state index contributed by atoms with van der Waals surface area (Å²) in [5, 5.41) is 11.6. The minimum Gasteiger partial charge on any atom is -0.344 e. The molecule has 0 saturated heterocycles. The third-order valence-electron chi connectivity index (χ3n) is 4.20. The summed E-state index contributed by atoms with van der Waals surface area (Å²) in [6.07, 6.45) is 0. The Morgan fingerprint density at radius 2 is 1.58 bits per heavy atom. The van der Waals surface area contributed by atoms with Crippen LogP contribution in [0, 0.1) is 11.3 Å². The van der Waals surface area contributed by atoms with Gasteiger partial charge in [-0.15, -0.1) is 0 Å². The Kier molecular flexibility index (Phi) is 4.26. The zero-order chi connectivity index (χ0) is 18.9. The fourth-order valence-corrected chi connectivity index (χ4v) is 2.79. The number of amides is 3. The zero-order valence-corrected chi connectivity index (χ0v) is 13.8. The number of halogens is 1. The number of hydrogen-bond acceptors (Lipinski definition) is 4. The number of hydrogen-bond donors (Lipinski definition) is 1. The lowest BCUT2D eigenvalue weighted by molar-refractivity contribution is -0.136. The van der Waals surface area contributed by atoms with Crippen molar-refractivity contribution in [2.75, 3.05) is 0 Å². The Morgan fingerprint density at radius 1 is 1.08 bits per heavy atom. The molecule has 0 aromatic heterocycles. The van der Waals surface area contributed by atoms with E-state index in [9.17, 15) is 19.6 Å². The standard InChI is InChI=1S/C19H14FN3O3/c1-12(13-7-3-2-4-8-13)22-18(26)19(20,11-21)23-16(24)14-9-5-6-10-15(14)17(23)25/h2-10,12H,1H3,(H,22,26). The maximum absolute atomic E-state index is 15.3. The molecule has 1 heterocycles. The van der Waals surface area contributed by atoms with E-state index in [1.807, 2.05) is 0 Å². The van der Waals surface area contributed by atoms with Crippen LogP contribution in [-0.2, 0) is 4.79 Å². The van der Waals surface area contributed by atoms with Crippen molar-refractivity contribution in [2.24, 2.45) is 0 Å². The van der Waals surface area contributed by atoms with Gasteiger partial charge < -0.3 is 5.32 Å². The summed E-state index contributed by atoms with van der Waals surface area (Å²) in [6.45, 7) is 1.60. The molecule has 1 aliphatic heterocycles. The summed E-state index contributed by atoms with van der Waals surface area (Å²) in [4.78, 5) is 37.3. The molecule has 0 bridgehead atoms. The maximum Gasteiger partial charge on any atom is 0.356 e. The van der Waals surface area contributed by atoms with Crippen molar-refractivity contribution < 1.29 is 18.8 Å². The minimum absolute atomic E-state index is 0.0429. The van der Waals surface area contributed by atoms with Crippen LogP contribution in [0.4, 0.5) is 4.39 Å². The maximum atomic E-state index is 15.3. The molecule has 1 N–H and O–H groups in total. The predicted molar refractivity (Wildman–Crippen MR) is 89.4 cm³/mol. The topological polar surface area (TPSA) is 90.3 Å². The molecule has 0 aliphatic carbocycles. The number of carbonyl (C=O) groups excluding carboxylic acids is 3. The highest BCUT2D eigenvalue weighted by Crippen LogP contribution is 2.31. The van der Waals surface area contributed by atoms with Crippen LogP contribution in [-0.4, -0.2) is 28.4 Å². The van der Waals surface area contributed by atoms with Crippen molar-refractivity contribution in [1.82, 2.24) is 10.2 Å². The molecule has 3 rings (SSSR count). The average molecular weight is 351 g/mol. The first kappa shape index (κ1) is 17.3. The third kappa shape index (κ3) is 2.62. The van der Waals surface area contributed by atoms with E-state index in [1.54, 1.807) is 37.3 Å². The second-order valence-electron chi connectivity index (χ2n) is 5.83. The van der Waals surface area contributed by atoms with Crippen LogP contribution >= 0.6 is 0 Å². The van der Waals surface area contributed by atoms with E-state index < -0.39 is 29.6 Å². The Hall–Kier alpha value is -3.53. The lowest BCUT2D eigenvalue weighted by Gasteiger charge is -2.27. The Morgan fingerprint density at radius 3 is 2.08 bits per heavy atom. The van der Waals surface area contributed by atoms with Crippen molar-refractivity contribution in [3.05, 3.63) is 71.3 Å². The minimum atomic E-state index is -3.45. The van der Waals surface area contributed by atoms with Crippen LogP contribution in [0.5, 0.6) is 0 Å². The predicted octanol–water partition coefficient (Wildman–Crippen LogP) is 2.35. The van der Waals surface area contributed by atoms with Gasteiger partial charge in [-0.25, -0.2) is 4.90 Å². The largest absolute Gasteiger partial charge is 0.356 e. The number of nitrogens with zero attached hydrogens (tertiary/aromatic N) is 2. The third-order valence-corrected chi connectivity index (χ3v) is 4.20. The molecule has 6 nitrogen and oxygen atoms in total. The van der Waals surface area contributed by atoms with E-state index in [0.717, 1.165) is 0 Å². The first-order chi connectivity index (χ1) is 12.4. The number of nitrogens with one attached hydrogen (secondary N) is 1. The van der Waals surface area contributed by atoms with Crippen LogP contribution in [0.25, 0.3) is 0 Å². The van der Waals surface area contributed by atoms with Gasteiger partial charge in [0, 0.05) is 0 Å². The molecule has 0 saturated carbocycles.